The van der Waals surface area contributed by atoms with Gasteiger partial charge < -0.3 is 9.47 Å². The summed E-state index contributed by atoms with van der Waals surface area (Å²) in [6.07, 6.45) is 1.32. The van der Waals surface area contributed by atoms with Crippen molar-refractivity contribution in [1.29, 1.82) is 0 Å². The number of carbonyl (C=O) groups is 1. The lowest BCUT2D eigenvalue weighted by Crippen LogP contribution is -2.49. The second kappa shape index (κ2) is 4.22. The van der Waals surface area contributed by atoms with Crippen molar-refractivity contribution in [2.75, 3.05) is 6.61 Å². The molecule has 0 radical (unpaired) electrons. The highest BCUT2D eigenvalue weighted by atomic mass is 16.7. The second-order valence-electron chi connectivity index (χ2n) is 5.14. The summed E-state index contributed by atoms with van der Waals surface area (Å²) in [5.41, 5.74) is -0.407. The van der Waals surface area contributed by atoms with Crippen molar-refractivity contribution in [2.24, 2.45) is 5.41 Å². The molecule has 1 aliphatic heterocycles. The quantitative estimate of drug-likeness (QED) is 0.724. The lowest BCUT2D eigenvalue weighted by Gasteiger charge is -2.42. The molecule has 1 aliphatic rings. The van der Waals surface area contributed by atoms with E-state index in [1.54, 1.807) is 0 Å². The van der Waals surface area contributed by atoms with Crippen LogP contribution in [-0.4, -0.2) is 24.3 Å². The Labute approximate surface area is 92.1 Å². The number of hydrogen-bond donors (Lipinski definition) is 0. The van der Waals surface area contributed by atoms with Crippen molar-refractivity contribution in [2.45, 2.75) is 59.4 Å². The Hall–Kier alpha value is -0.410. The molecule has 0 bridgehead atoms. The highest BCUT2D eigenvalue weighted by Crippen LogP contribution is 2.34. The molecule has 88 valence electrons. The van der Waals surface area contributed by atoms with Gasteiger partial charge in [0.1, 0.15) is 5.78 Å². The van der Waals surface area contributed by atoms with Crippen LogP contribution in [0.25, 0.3) is 0 Å². The summed E-state index contributed by atoms with van der Waals surface area (Å²) in [6, 6.07) is 0. The molecule has 0 amide bonds. The summed E-state index contributed by atoms with van der Waals surface area (Å²) in [5, 5.41) is 0. The number of Topliss-reactive ketones (excluding diaryl/α,β-unsaturated/α-hetero) is 1. The summed E-state index contributed by atoms with van der Waals surface area (Å²) < 4.78 is 11.3. The number of rotatable bonds is 3. The van der Waals surface area contributed by atoms with E-state index in [9.17, 15) is 4.79 Å². The van der Waals surface area contributed by atoms with E-state index >= 15 is 0 Å². The van der Waals surface area contributed by atoms with Crippen molar-refractivity contribution in [3.05, 3.63) is 0 Å². The summed E-state index contributed by atoms with van der Waals surface area (Å²) >= 11 is 0. The van der Waals surface area contributed by atoms with E-state index < -0.39 is 11.2 Å². The highest BCUT2D eigenvalue weighted by Gasteiger charge is 2.42. The Balaban J connectivity index is 2.74. The van der Waals surface area contributed by atoms with Crippen molar-refractivity contribution >= 4 is 5.78 Å². The van der Waals surface area contributed by atoms with Crippen LogP contribution in [0, 0.1) is 5.41 Å². The van der Waals surface area contributed by atoms with E-state index in [0.717, 1.165) is 6.42 Å². The first-order valence-corrected chi connectivity index (χ1v) is 5.64. The van der Waals surface area contributed by atoms with Gasteiger partial charge in [-0.1, -0.05) is 20.8 Å². The molecule has 15 heavy (non-hydrogen) atoms. The first kappa shape index (κ1) is 12.7. The molecule has 1 fully saturated rings. The van der Waals surface area contributed by atoms with Gasteiger partial charge >= 0.3 is 0 Å². The first-order chi connectivity index (χ1) is 6.79. The van der Waals surface area contributed by atoms with Gasteiger partial charge in [0.2, 0.25) is 0 Å². The maximum absolute atomic E-state index is 11.8. The van der Waals surface area contributed by atoms with Crippen LogP contribution in [0.4, 0.5) is 0 Å². The number of ketones is 1. The Morgan fingerprint density at radius 1 is 1.47 bits per heavy atom. The Kier molecular flexibility index (Phi) is 3.56. The third-order valence-electron chi connectivity index (χ3n) is 3.10. The summed E-state index contributed by atoms with van der Waals surface area (Å²) in [5.74, 6) is -0.306. The van der Waals surface area contributed by atoms with Crippen LogP contribution >= 0.6 is 0 Å². The summed E-state index contributed by atoms with van der Waals surface area (Å²) in [4.78, 5) is 11.8. The number of carbonyl (C=O) groups excluding carboxylic acids is 1. The molecule has 1 atom stereocenters. The zero-order valence-corrected chi connectivity index (χ0v) is 10.4. The largest absolute Gasteiger partial charge is 0.350 e. The second-order valence-corrected chi connectivity index (χ2v) is 5.14. The van der Waals surface area contributed by atoms with Gasteiger partial charge in [-0.25, -0.2) is 0 Å². The number of ether oxygens (including phenoxy) is 2. The van der Waals surface area contributed by atoms with Crippen LogP contribution in [0.1, 0.15) is 47.5 Å². The number of hydrogen-bond acceptors (Lipinski definition) is 3. The predicted octanol–water partition coefficient (Wildman–Crippen LogP) is 2.53. The molecule has 1 heterocycles. The molecule has 0 saturated carbocycles. The first-order valence-electron chi connectivity index (χ1n) is 5.64. The maximum atomic E-state index is 11.8. The third kappa shape index (κ3) is 2.79. The molecule has 0 aliphatic carbocycles. The Bertz CT molecular complexity index is 243. The fraction of sp³-hybridized carbons (Fsp3) is 0.917. The lowest BCUT2D eigenvalue weighted by atomic mass is 9.79. The minimum atomic E-state index is -0.561. The standard InChI is InChI=1S/C12H22O3/c1-6-9(13)11(2,3)10-7-8-14-12(4,5)15-10/h10H,6-8H2,1-5H3. The zero-order chi connectivity index (χ0) is 11.7. The topological polar surface area (TPSA) is 35.5 Å². The highest BCUT2D eigenvalue weighted by molar-refractivity contribution is 5.84. The third-order valence-corrected chi connectivity index (χ3v) is 3.10. The smallest absolute Gasteiger partial charge is 0.163 e. The van der Waals surface area contributed by atoms with Gasteiger partial charge in [-0.2, -0.15) is 0 Å². The Morgan fingerprint density at radius 3 is 2.53 bits per heavy atom. The molecule has 3 nitrogen and oxygen atoms in total. The van der Waals surface area contributed by atoms with Gasteiger partial charge in [-0.05, 0) is 20.3 Å². The van der Waals surface area contributed by atoms with Crippen LogP contribution < -0.4 is 0 Å². The van der Waals surface area contributed by atoms with Gasteiger partial charge in [0.15, 0.2) is 5.79 Å². The predicted molar refractivity (Wildman–Crippen MR) is 58.6 cm³/mol. The van der Waals surface area contributed by atoms with Crippen molar-refractivity contribution < 1.29 is 14.3 Å². The average Bonchev–Trinajstić information content (AvgIpc) is 2.15. The molecule has 1 unspecified atom stereocenters. The molecule has 0 aromatic carbocycles. The van der Waals surface area contributed by atoms with Gasteiger partial charge in [0.05, 0.1) is 12.7 Å². The van der Waals surface area contributed by atoms with Crippen LogP contribution in [-0.2, 0) is 14.3 Å². The molecular formula is C12H22O3. The maximum Gasteiger partial charge on any atom is 0.163 e. The fourth-order valence-corrected chi connectivity index (χ4v) is 1.99. The van der Waals surface area contributed by atoms with E-state index in [4.69, 9.17) is 9.47 Å². The van der Waals surface area contributed by atoms with Gasteiger partial charge in [0, 0.05) is 11.8 Å². The van der Waals surface area contributed by atoms with Crippen LogP contribution in [0.3, 0.4) is 0 Å². The van der Waals surface area contributed by atoms with Gasteiger partial charge in [-0.15, -0.1) is 0 Å². The molecule has 3 heteroatoms. The van der Waals surface area contributed by atoms with Crippen LogP contribution in [0.5, 0.6) is 0 Å². The van der Waals surface area contributed by atoms with E-state index in [1.165, 1.54) is 0 Å². The summed E-state index contributed by atoms with van der Waals surface area (Å²) in [6.45, 7) is 10.3. The van der Waals surface area contributed by atoms with Crippen molar-refractivity contribution in [3.63, 3.8) is 0 Å². The zero-order valence-electron chi connectivity index (χ0n) is 10.4. The van der Waals surface area contributed by atoms with Gasteiger partial charge in [0.25, 0.3) is 0 Å². The van der Waals surface area contributed by atoms with E-state index in [0.29, 0.717) is 13.0 Å². The molecular weight excluding hydrogens is 192 g/mol. The average molecular weight is 214 g/mol. The van der Waals surface area contributed by atoms with E-state index in [2.05, 4.69) is 0 Å². The monoisotopic (exact) mass is 214 g/mol. The minimum absolute atomic E-state index is 0.0336. The van der Waals surface area contributed by atoms with E-state index in [-0.39, 0.29) is 11.9 Å². The van der Waals surface area contributed by atoms with E-state index in [1.807, 2.05) is 34.6 Å². The van der Waals surface area contributed by atoms with Crippen LogP contribution in [0.15, 0.2) is 0 Å². The van der Waals surface area contributed by atoms with Gasteiger partial charge in [-0.3, -0.25) is 4.79 Å². The SMILES string of the molecule is CCC(=O)C(C)(C)C1CCOC(C)(C)O1. The molecule has 1 rings (SSSR count). The van der Waals surface area contributed by atoms with Crippen molar-refractivity contribution in [3.8, 4) is 0 Å². The molecule has 0 aromatic heterocycles. The minimum Gasteiger partial charge on any atom is -0.350 e. The van der Waals surface area contributed by atoms with Crippen molar-refractivity contribution in [1.82, 2.24) is 0 Å². The fourth-order valence-electron chi connectivity index (χ4n) is 1.99. The molecule has 0 aromatic rings. The lowest BCUT2D eigenvalue weighted by molar-refractivity contribution is -0.288. The van der Waals surface area contributed by atoms with Crippen LogP contribution in [0.2, 0.25) is 0 Å². The molecule has 0 N–H and O–H groups in total. The Morgan fingerprint density at radius 2 is 2.07 bits per heavy atom. The summed E-state index contributed by atoms with van der Waals surface area (Å²) in [7, 11) is 0. The normalized spacial score (nSPS) is 26.3. The molecule has 1 saturated heterocycles. The molecule has 0 spiro atoms.